The van der Waals surface area contributed by atoms with Crippen molar-refractivity contribution < 1.29 is 9.68 Å². The van der Waals surface area contributed by atoms with E-state index in [1.54, 1.807) is 19.3 Å². The molecular weight excluding hydrogens is 145 g/mol. The zero-order valence-electron chi connectivity index (χ0n) is 6.15. The number of hydrogen-bond donors (Lipinski definition) is 1. The smallest absolute Gasteiger partial charge is 0.504 e. The Kier molecular flexibility index (Phi) is 2.33. The number of nitrogens with zero attached hydrogens (tertiary/aromatic N) is 1. The molecule has 0 saturated heterocycles. The standard InChI is InChI=1S/C6H8BNO3/c1-8-3-2-5(11-7-10)4-6(8)9/h2-4,7,10H,1H3. The lowest BCUT2D eigenvalue weighted by molar-refractivity contribution is 0.452. The number of pyridine rings is 1. The van der Waals surface area contributed by atoms with E-state index in [2.05, 4.69) is 4.65 Å². The molecule has 0 aliphatic heterocycles. The summed E-state index contributed by atoms with van der Waals surface area (Å²) in [6, 6.07) is 2.92. The molecule has 1 rings (SSSR count). The maximum atomic E-state index is 10.9. The van der Waals surface area contributed by atoms with Gasteiger partial charge in [0.05, 0.1) is 0 Å². The molecule has 0 aromatic carbocycles. The van der Waals surface area contributed by atoms with Gasteiger partial charge in [-0.15, -0.1) is 0 Å². The first-order chi connectivity index (χ1) is 5.24. The highest BCUT2D eigenvalue weighted by Crippen LogP contribution is 2.02. The first-order valence-corrected chi connectivity index (χ1v) is 3.14. The van der Waals surface area contributed by atoms with Crippen molar-refractivity contribution in [2.75, 3.05) is 0 Å². The van der Waals surface area contributed by atoms with Crippen LogP contribution in [0.1, 0.15) is 0 Å². The number of hydrogen-bond acceptors (Lipinski definition) is 3. The summed E-state index contributed by atoms with van der Waals surface area (Å²) in [5.74, 6) is 0.385. The molecule has 58 valence electrons. The predicted octanol–water partition coefficient (Wildman–Crippen LogP) is -0.977. The molecule has 0 fully saturated rings. The Balaban J connectivity index is 2.96. The maximum absolute atomic E-state index is 10.9. The minimum atomic E-state index is -0.410. The van der Waals surface area contributed by atoms with Gasteiger partial charge in [0.2, 0.25) is 0 Å². The molecule has 1 aromatic rings. The summed E-state index contributed by atoms with van der Waals surface area (Å²) in [6.45, 7) is 0. The van der Waals surface area contributed by atoms with Crippen LogP contribution in [0.2, 0.25) is 0 Å². The second-order valence-electron chi connectivity index (χ2n) is 2.09. The molecule has 0 amide bonds. The van der Waals surface area contributed by atoms with Gasteiger partial charge in [-0.2, -0.15) is 0 Å². The van der Waals surface area contributed by atoms with Gasteiger partial charge in [0.25, 0.3) is 5.56 Å². The molecule has 1 N–H and O–H groups in total. The van der Waals surface area contributed by atoms with Crippen LogP contribution in [0.5, 0.6) is 5.75 Å². The summed E-state index contributed by atoms with van der Waals surface area (Å²) in [4.78, 5) is 10.9. The highest BCUT2D eigenvalue weighted by atomic mass is 16.5. The van der Waals surface area contributed by atoms with Crippen molar-refractivity contribution in [2.45, 2.75) is 0 Å². The molecule has 0 radical (unpaired) electrons. The number of aromatic nitrogens is 1. The van der Waals surface area contributed by atoms with Crippen LogP contribution < -0.4 is 10.2 Å². The zero-order chi connectivity index (χ0) is 8.27. The van der Waals surface area contributed by atoms with Gasteiger partial charge in [-0.05, 0) is 6.07 Å². The Bertz CT molecular complexity index is 296. The third-order valence-corrected chi connectivity index (χ3v) is 1.31. The lowest BCUT2D eigenvalue weighted by Gasteiger charge is -2.01. The van der Waals surface area contributed by atoms with Gasteiger partial charge >= 0.3 is 7.69 Å². The topological polar surface area (TPSA) is 51.5 Å². The van der Waals surface area contributed by atoms with Crippen LogP contribution in [0, 0.1) is 0 Å². The van der Waals surface area contributed by atoms with E-state index in [-0.39, 0.29) is 5.56 Å². The van der Waals surface area contributed by atoms with Crippen LogP contribution in [0.25, 0.3) is 0 Å². The van der Waals surface area contributed by atoms with E-state index in [9.17, 15) is 4.79 Å². The van der Waals surface area contributed by atoms with Crippen molar-refractivity contribution in [1.29, 1.82) is 0 Å². The molecule has 0 atom stereocenters. The molecule has 4 nitrogen and oxygen atoms in total. The van der Waals surface area contributed by atoms with Crippen molar-refractivity contribution >= 4 is 7.69 Å². The Labute approximate surface area is 64.4 Å². The molecule has 1 aromatic heterocycles. The summed E-state index contributed by atoms with van der Waals surface area (Å²) in [6.07, 6.45) is 1.58. The van der Waals surface area contributed by atoms with Crippen LogP contribution in [0.4, 0.5) is 0 Å². The Morgan fingerprint density at radius 1 is 1.73 bits per heavy atom. The SMILES string of the molecule is Cn1ccc(OBO)cc1=O. The number of rotatable bonds is 2. The molecule has 5 heteroatoms. The Hall–Kier alpha value is -1.23. The highest BCUT2D eigenvalue weighted by Gasteiger charge is 1.94. The van der Waals surface area contributed by atoms with E-state index >= 15 is 0 Å². The van der Waals surface area contributed by atoms with Crippen LogP contribution >= 0.6 is 0 Å². The van der Waals surface area contributed by atoms with Crippen molar-refractivity contribution in [3.05, 3.63) is 28.7 Å². The third-order valence-electron chi connectivity index (χ3n) is 1.31. The van der Waals surface area contributed by atoms with Crippen LogP contribution in [0.3, 0.4) is 0 Å². The monoisotopic (exact) mass is 153 g/mol. The molecule has 0 spiro atoms. The molecular formula is C6H8BNO3. The van der Waals surface area contributed by atoms with E-state index in [0.717, 1.165) is 0 Å². The molecule has 0 saturated carbocycles. The summed E-state index contributed by atoms with van der Waals surface area (Å²) >= 11 is 0. The first-order valence-electron chi connectivity index (χ1n) is 3.14. The average Bonchev–Trinajstić information content (AvgIpc) is 1.98. The molecule has 0 aliphatic rings. The van der Waals surface area contributed by atoms with E-state index in [4.69, 9.17) is 5.02 Å². The maximum Gasteiger partial charge on any atom is 0.504 e. The van der Waals surface area contributed by atoms with Gasteiger partial charge in [0, 0.05) is 19.3 Å². The lowest BCUT2D eigenvalue weighted by Crippen LogP contribution is -2.15. The second-order valence-corrected chi connectivity index (χ2v) is 2.09. The minimum Gasteiger partial charge on any atom is -0.539 e. The van der Waals surface area contributed by atoms with Gasteiger partial charge in [-0.25, -0.2) is 0 Å². The number of aryl methyl sites for hydroxylation is 1. The Morgan fingerprint density at radius 3 is 3.00 bits per heavy atom. The van der Waals surface area contributed by atoms with Crippen molar-refractivity contribution in [2.24, 2.45) is 7.05 Å². The quantitative estimate of drug-likeness (QED) is 0.555. The summed E-state index contributed by atoms with van der Waals surface area (Å²) in [7, 11) is 1.23. The van der Waals surface area contributed by atoms with E-state index in [1.165, 1.54) is 10.6 Å². The van der Waals surface area contributed by atoms with E-state index in [1.807, 2.05) is 0 Å². The van der Waals surface area contributed by atoms with Crippen LogP contribution in [-0.4, -0.2) is 17.3 Å². The average molecular weight is 153 g/mol. The van der Waals surface area contributed by atoms with Crippen LogP contribution in [0.15, 0.2) is 23.1 Å². The molecule has 0 aliphatic carbocycles. The zero-order valence-corrected chi connectivity index (χ0v) is 6.15. The fourth-order valence-electron chi connectivity index (χ4n) is 0.695. The van der Waals surface area contributed by atoms with E-state index < -0.39 is 7.69 Å². The first kappa shape index (κ1) is 7.88. The summed E-state index contributed by atoms with van der Waals surface area (Å²) in [5, 5.41) is 8.35. The van der Waals surface area contributed by atoms with Gasteiger partial charge in [-0.1, -0.05) is 0 Å². The van der Waals surface area contributed by atoms with Crippen molar-refractivity contribution in [3.8, 4) is 5.75 Å². The van der Waals surface area contributed by atoms with Crippen LogP contribution in [-0.2, 0) is 7.05 Å². The molecule has 0 bridgehead atoms. The van der Waals surface area contributed by atoms with Gasteiger partial charge in [0.15, 0.2) is 0 Å². The van der Waals surface area contributed by atoms with Gasteiger partial charge in [-0.3, -0.25) is 4.79 Å². The van der Waals surface area contributed by atoms with Gasteiger partial charge in [0.1, 0.15) is 5.75 Å². The molecule has 0 unspecified atom stereocenters. The van der Waals surface area contributed by atoms with Gasteiger partial charge < -0.3 is 14.2 Å². The van der Waals surface area contributed by atoms with E-state index in [0.29, 0.717) is 5.75 Å². The normalized spacial score (nSPS) is 9.27. The highest BCUT2D eigenvalue weighted by molar-refractivity contribution is 6.17. The van der Waals surface area contributed by atoms with Crippen molar-refractivity contribution in [3.63, 3.8) is 0 Å². The second kappa shape index (κ2) is 3.25. The summed E-state index contributed by atoms with van der Waals surface area (Å²) < 4.78 is 6.10. The fourth-order valence-corrected chi connectivity index (χ4v) is 0.695. The molecule has 11 heavy (non-hydrogen) atoms. The molecule has 1 heterocycles. The van der Waals surface area contributed by atoms with Crippen molar-refractivity contribution in [1.82, 2.24) is 4.57 Å². The lowest BCUT2D eigenvalue weighted by atomic mass is 10.3. The third kappa shape index (κ3) is 1.85. The fraction of sp³-hybridized carbons (Fsp3) is 0.167. The minimum absolute atomic E-state index is 0.157. The Morgan fingerprint density at radius 2 is 2.45 bits per heavy atom. The predicted molar refractivity (Wildman–Crippen MR) is 41.7 cm³/mol. The summed E-state index contributed by atoms with van der Waals surface area (Å²) in [5.41, 5.74) is -0.157. The largest absolute Gasteiger partial charge is 0.539 e.